The highest BCUT2D eigenvalue weighted by Gasteiger charge is 2.23. The third kappa shape index (κ3) is 4.29. The second-order valence-corrected chi connectivity index (χ2v) is 4.98. The van der Waals surface area contributed by atoms with Crippen LogP contribution in [-0.2, 0) is 9.53 Å². The molecule has 0 spiro atoms. The van der Waals surface area contributed by atoms with E-state index < -0.39 is 6.04 Å². The van der Waals surface area contributed by atoms with Gasteiger partial charge in [-0.3, -0.25) is 9.59 Å². The van der Waals surface area contributed by atoms with Gasteiger partial charge in [0.25, 0.3) is 0 Å². The fraction of sp³-hybridized carbons (Fsp3) is 0.500. The minimum absolute atomic E-state index is 0.0787. The number of Topliss-reactive ketones (excluding diaryl/α,β-unsaturated/α-hetero) is 1. The molecule has 21 heavy (non-hydrogen) atoms. The van der Waals surface area contributed by atoms with Crippen molar-refractivity contribution >= 4 is 11.8 Å². The highest BCUT2D eigenvalue weighted by Crippen LogP contribution is 2.26. The van der Waals surface area contributed by atoms with E-state index in [0.717, 1.165) is 11.1 Å². The maximum absolute atomic E-state index is 12.7. The number of esters is 1. The number of hydrogen-bond acceptors (Lipinski definition) is 5. The Morgan fingerprint density at radius 1 is 1.24 bits per heavy atom. The van der Waals surface area contributed by atoms with E-state index in [9.17, 15) is 9.59 Å². The van der Waals surface area contributed by atoms with Gasteiger partial charge in [-0.25, -0.2) is 0 Å². The van der Waals surface area contributed by atoms with E-state index in [1.807, 2.05) is 26.0 Å². The van der Waals surface area contributed by atoms with Gasteiger partial charge in [-0.1, -0.05) is 6.07 Å². The average molecular weight is 293 g/mol. The molecule has 0 aliphatic rings. The zero-order valence-corrected chi connectivity index (χ0v) is 13.3. The number of nitrogens with one attached hydrogen (secondary N) is 1. The van der Waals surface area contributed by atoms with Gasteiger partial charge < -0.3 is 14.8 Å². The molecule has 1 unspecified atom stereocenters. The first-order valence-electron chi connectivity index (χ1n) is 6.88. The molecule has 116 valence electrons. The van der Waals surface area contributed by atoms with Crippen LogP contribution in [0.4, 0.5) is 0 Å². The molecule has 0 heterocycles. The summed E-state index contributed by atoms with van der Waals surface area (Å²) in [5.74, 6) is 0.185. The summed E-state index contributed by atoms with van der Waals surface area (Å²) >= 11 is 0. The zero-order valence-electron chi connectivity index (χ0n) is 13.3. The molecular formula is C16H23NO4. The summed E-state index contributed by atoms with van der Waals surface area (Å²) in [6.45, 7) is 3.84. The normalized spacial score (nSPS) is 11.9. The number of carbonyl (C=O) groups excluding carboxylic acids is 2. The molecule has 1 N–H and O–H groups in total. The lowest BCUT2D eigenvalue weighted by atomic mass is 9.96. The van der Waals surface area contributed by atoms with Crippen molar-refractivity contribution in [3.05, 3.63) is 28.8 Å². The summed E-state index contributed by atoms with van der Waals surface area (Å²) in [4.78, 5) is 23.9. The molecule has 5 heteroatoms. The number of ketones is 1. The fourth-order valence-corrected chi connectivity index (χ4v) is 2.37. The molecule has 0 saturated heterocycles. The molecule has 0 saturated carbocycles. The highest BCUT2D eigenvalue weighted by atomic mass is 16.5. The summed E-state index contributed by atoms with van der Waals surface area (Å²) in [6.07, 6.45) is 0.582. The van der Waals surface area contributed by atoms with Crippen molar-refractivity contribution in [3.63, 3.8) is 0 Å². The quantitative estimate of drug-likeness (QED) is 0.615. The lowest BCUT2D eigenvalue weighted by Gasteiger charge is -2.18. The molecule has 0 aromatic heterocycles. The number of methoxy groups -OCH3 is 2. The molecule has 1 atom stereocenters. The van der Waals surface area contributed by atoms with Crippen LogP contribution in [0.5, 0.6) is 5.75 Å². The van der Waals surface area contributed by atoms with Gasteiger partial charge in [0.2, 0.25) is 0 Å². The SMILES string of the molecule is CNC(CCC(=O)OC)C(=O)c1cc(C)cc(C)c1OC. The first-order chi connectivity index (χ1) is 9.94. The average Bonchev–Trinajstić information content (AvgIpc) is 2.46. The standard InChI is InChI=1S/C16H23NO4/c1-10-8-11(2)16(21-5)12(9-10)15(19)13(17-3)6-7-14(18)20-4/h8-9,13,17H,6-7H2,1-5H3. The summed E-state index contributed by atoms with van der Waals surface area (Å²) in [5.41, 5.74) is 2.46. The van der Waals surface area contributed by atoms with Crippen LogP contribution in [0.2, 0.25) is 0 Å². The van der Waals surface area contributed by atoms with E-state index in [-0.39, 0.29) is 18.2 Å². The smallest absolute Gasteiger partial charge is 0.305 e. The minimum atomic E-state index is -0.445. The van der Waals surface area contributed by atoms with Crippen molar-refractivity contribution in [2.45, 2.75) is 32.7 Å². The maximum atomic E-state index is 12.7. The van der Waals surface area contributed by atoms with Gasteiger partial charge in [0, 0.05) is 6.42 Å². The Bertz CT molecular complexity index is 525. The van der Waals surface area contributed by atoms with E-state index in [2.05, 4.69) is 10.1 Å². The molecule has 1 aromatic rings. The molecule has 0 aliphatic heterocycles. The van der Waals surface area contributed by atoms with Crippen molar-refractivity contribution in [2.24, 2.45) is 0 Å². The van der Waals surface area contributed by atoms with E-state index in [4.69, 9.17) is 4.74 Å². The van der Waals surface area contributed by atoms with Crippen molar-refractivity contribution in [2.75, 3.05) is 21.3 Å². The first-order valence-corrected chi connectivity index (χ1v) is 6.88. The molecule has 5 nitrogen and oxygen atoms in total. The van der Waals surface area contributed by atoms with Gasteiger partial charge in [-0.15, -0.1) is 0 Å². The Morgan fingerprint density at radius 3 is 2.43 bits per heavy atom. The van der Waals surface area contributed by atoms with Gasteiger partial charge in [0.05, 0.1) is 25.8 Å². The Morgan fingerprint density at radius 2 is 1.90 bits per heavy atom. The molecule has 1 rings (SSSR count). The second-order valence-electron chi connectivity index (χ2n) is 4.98. The van der Waals surface area contributed by atoms with Gasteiger partial charge in [-0.2, -0.15) is 0 Å². The predicted molar refractivity (Wildman–Crippen MR) is 80.9 cm³/mol. The van der Waals surface area contributed by atoms with Crippen molar-refractivity contribution in [1.29, 1.82) is 0 Å². The lowest BCUT2D eigenvalue weighted by Crippen LogP contribution is -2.35. The third-order valence-electron chi connectivity index (χ3n) is 3.42. The maximum Gasteiger partial charge on any atom is 0.305 e. The summed E-state index contributed by atoms with van der Waals surface area (Å²) in [5, 5.41) is 2.96. The zero-order chi connectivity index (χ0) is 16.0. The van der Waals surface area contributed by atoms with Crippen molar-refractivity contribution in [1.82, 2.24) is 5.32 Å². The largest absolute Gasteiger partial charge is 0.496 e. The Kier molecular flexibility index (Phi) is 6.37. The molecule has 0 bridgehead atoms. The molecule has 0 radical (unpaired) electrons. The third-order valence-corrected chi connectivity index (χ3v) is 3.42. The van der Waals surface area contributed by atoms with E-state index in [0.29, 0.717) is 17.7 Å². The number of aryl methyl sites for hydroxylation is 2. The van der Waals surface area contributed by atoms with Crippen molar-refractivity contribution < 1.29 is 19.1 Å². The lowest BCUT2D eigenvalue weighted by molar-refractivity contribution is -0.140. The molecular weight excluding hydrogens is 270 g/mol. The number of benzene rings is 1. The van der Waals surface area contributed by atoms with Crippen LogP contribution in [0.15, 0.2) is 12.1 Å². The van der Waals surface area contributed by atoms with Crippen LogP contribution in [0, 0.1) is 13.8 Å². The molecule has 0 aliphatic carbocycles. The minimum Gasteiger partial charge on any atom is -0.496 e. The number of ether oxygens (including phenoxy) is 2. The number of hydrogen-bond donors (Lipinski definition) is 1. The topological polar surface area (TPSA) is 64.6 Å². The highest BCUT2D eigenvalue weighted by molar-refractivity contribution is 6.03. The van der Waals surface area contributed by atoms with Crippen LogP contribution in [-0.4, -0.2) is 39.1 Å². The second kappa shape index (κ2) is 7.78. The Labute approximate surface area is 125 Å². The van der Waals surface area contributed by atoms with Gasteiger partial charge >= 0.3 is 5.97 Å². The van der Waals surface area contributed by atoms with Crippen molar-refractivity contribution in [3.8, 4) is 5.75 Å². The predicted octanol–water partition coefficient (Wildman–Crippen LogP) is 2.04. The van der Waals surface area contributed by atoms with Crippen LogP contribution in [0.3, 0.4) is 0 Å². The Balaban J connectivity index is 3.02. The Hall–Kier alpha value is -1.88. The van der Waals surface area contributed by atoms with Crippen LogP contribution >= 0.6 is 0 Å². The number of rotatable bonds is 7. The monoisotopic (exact) mass is 293 g/mol. The van der Waals surface area contributed by atoms with Gasteiger partial charge in [0.1, 0.15) is 5.75 Å². The van der Waals surface area contributed by atoms with E-state index in [1.165, 1.54) is 7.11 Å². The molecule has 0 fully saturated rings. The van der Waals surface area contributed by atoms with E-state index in [1.54, 1.807) is 14.2 Å². The summed E-state index contributed by atoms with van der Waals surface area (Å²) < 4.78 is 9.96. The van der Waals surface area contributed by atoms with Gasteiger partial charge in [-0.05, 0) is 44.5 Å². The molecule has 1 aromatic carbocycles. The summed E-state index contributed by atoms with van der Waals surface area (Å²) in [7, 11) is 4.59. The van der Waals surface area contributed by atoms with E-state index >= 15 is 0 Å². The first kappa shape index (κ1) is 17.2. The van der Waals surface area contributed by atoms with Gasteiger partial charge in [0.15, 0.2) is 5.78 Å². The van der Waals surface area contributed by atoms with Crippen LogP contribution < -0.4 is 10.1 Å². The summed E-state index contributed by atoms with van der Waals surface area (Å²) in [6, 6.07) is 3.34. The van der Waals surface area contributed by atoms with Crippen LogP contribution in [0.25, 0.3) is 0 Å². The molecule has 0 amide bonds. The fourth-order valence-electron chi connectivity index (χ4n) is 2.37. The van der Waals surface area contributed by atoms with Crippen LogP contribution in [0.1, 0.15) is 34.3 Å². The number of carbonyl (C=O) groups is 2. The number of likely N-dealkylation sites (N-methyl/N-ethyl adjacent to an activating group) is 1.